The lowest BCUT2D eigenvalue weighted by Crippen LogP contribution is -2.33. The predicted molar refractivity (Wildman–Crippen MR) is 88.2 cm³/mol. The number of hydrogen-bond acceptors (Lipinski definition) is 6. The number of aromatic nitrogens is 2. The largest absolute Gasteiger partial charge is 0.369 e. The maximum atomic E-state index is 6.05. The molecule has 2 aromatic rings. The smallest absolute Gasteiger partial charge is 0.189 e. The Morgan fingerprint density at radius 2 is 2.10 bits per heavy atom. The van der Waals surface area contributed by atoms with E-state index >= 15 is 0 Å². The van der Waals surface area contributed by atoms with Crippen molar-refractivity contribution in [3.63, 3.8) is 0 Å². The van der Waals surface area contributed by atoms with Gasteiger partial charge in [0.15, 0.2) is 5.16 Å². The standard InChI is InChI=1S/C14H18N2OS3/c1-5-14(2)6-8-9(7-17-14)20-12-10(8)11(18-3)15-13(16-12)19-4/h5-7H2,1-4H3/t14-/m0/s1. The van der Waals surface area contributed by atoms with Crippen LogP contribution in [-0.2, 0) is 17.8 Å². The molecule has 0 N–H and O–H groups in total. The zero-order valence-electron chi connectivity index (χ0n) is 12.1. The lowest BCUT2D eigenvalue weighted by Gasteiger charge is -2.33. The molecule has 108 valence electrons. The highest BCUT2D eigenvalue weighted by atomic mass is 32.2. The zero-order valence-corrected chi connectivity index (χ0v) is 14.6. The fourth-order valence-electron chi connectivity index (χ4n) is 2.49. The number of ether oxygens (including phenoxy) is 1. The van der Waals surface area contributed by atoms with Crippen molar-refractivity contribution in [2.45, 2.75) is 49.1 Å². The zero-order chi connectivity index (χ0) is 14.3. The third-order valence-electron chi connectivity index (χ3n) is 3.91. The van der Waals surface area contributed by atoms with Crippen molar-refractivity contribution >= 4 is 45.1 Å². The van der Waals surface area contributed by atoms with Gasteiger partial charge in [-0.3, -0.25) is 0 Å². The molecule has 0 saturated carbocycles. The fourth-order valence-corrected chi connectivity index (χ4v) is 4.74. The van der Waals surface area contributed by atoms with Crippen LogP contribution >= 0.6 is 34.9 Å². The van der Waals surface area contributed by atoms with Crippen molar-refractivity contribution in [2.24, 2.45) is 0 Å². The summed E-state index contributed by atoms with van der Waals surface area (Å²) in [4.78, 5) is 11.8. The van der Waals surface area contributed by atoms with Gasteiger partial charge in [0.1, 0.15) is 9.86 Å². The van der Waals surface area contributed by atoms with E-state index in [1.165, 1.54) is 15.8 Å². The summed E-state index contributed by atoms with van der Waals surface area (Å²) >= 11 is 5.08. The number of thioether (sulfide) groups is 2. The van der Waals surface area contributed by atoms with Crippen LogP contribution in [0.4, 0.5) is 0 Å². The number of nitrogens with zero attached hydrogens (tertiary/aromatic N) is 2. The van der Waals surface area contributed by atoms with Gasteiger partial charge in [0.2, 0.25) is 0 Å². The van der Waals surface area contributed by atoms with Crippen LogP contribution < -0.4 is 0 Å². The Morgan fingerprint density at radius 3 is 2.75 bits per heavy atom. The van der Waals surface area contributed by atoms with E-state index < -0.39 is 0 Å². The highest BCUT2D eigenvalue weighted by Gasteiger charge is 2.33. The molecule has 0 aromatic carbocycles. The second-order valence-electron chi connectivity index (χ2n) is 5.17. The molecule has 3 heterocycles. The molecule has 3 nitrogen and oxygen atoms in total. The van der Waals surface area contributed by atoms with Crippen LogP contribution in [0.15, 0.2) is 10.2 Å². The van der Waals surface area contributed by atoms with Crippen molar-refractivity contribution in [3.05, 3.63) is 10.4 Å². The SMILES string of the molecule is CC[C@@]1(C)Cc2c(sc3nc(SC)nc(SC)c23)CO1. The molecule has 1 aliphatic rings. The molecular weight excluding hydrogens is 308 g/mol. The quantitative estimate of drug-likeness (QED) is 0.475. The van der Waals surface area contributed by atoms with Gasteiger partial charge in [0.05, 0.1) is 12.2 Å². The molecule has 0 amide bonds. The van der Waals surface area contributed by atoms with Gasteiger partial charge in [-0.25, -0.2) is 9.97 Å². The summed E-state index contributed by atoms with van der Waals surface area (Å²) in [5.74, 6) is 0. The van der Waals surface area contributed by atoms with Crippen LogP contribution in [-0.4, -0.2) is 28.1 Å². The second-order valence-corrected chi connectivity index (χ2v) is 7.82. The Labute approximate surface area is 131 Å². The lowest BCUT2D eigenvalue weighted by atomic mass is 9.90. The first-order valence-electron chi connectivity index (χ1n) is 6.64. The molecule has 6 heteroatoms. The van der Waals surface area contributed by atoms with Gasteiger partial charge in [0, 0.05) is 16.7 Å². The van der Waals surface area contributed by atoms with E-state index in [4.69, 9.17) is 4.74 Å². The summed E-state index contributed by atoms with van der Waals surface area (Å²) in [7, 11) is 0. The topological polar surface area (TPSA) is 35.0 Å². The number of fused-ring (bicyclic) bond motifs is 3. The van der Waals surface area contributed by atoms with Crippen LogP contribution in [0.5, 0.6) is 0 Å². The summed E-state index contributed by atoms with van der Waals surface area (Å²) < 4.78 is 6.05. The van der Waals surface area contributed by atoms with Crippen molar-refractivity contribution in [1.29, 1.82) is 0 Å². The van der Waals surface area contributed by atoms with Crippen molar-refractivity contribution < 1.29 is 4.74 Å². The highest BCUT2D eigenvalue weighted by Crippen LogP contribution is 2.42. The van der Waals surface area contributed by atoms with E-state index in [9.17, 15) is 0 Å². The molecule has 20 heavy (non-hydrogen) atoms. The molecule has 0 radical (unpaired) electrons. The Hall–Kier alpha value is -0.300. The Balaban J connectivity index is 2.20. The summed E-state index contributed by atoms with van der Waals surface area (Å²) in [6, 6.07) is 0. The first-order chi connectivity index (χ1) is 9.60. The molecule has 1 aliphatic heterocycles. The van der Waals surface area contributed by atoms with Crippen LogP contribution in [0.3, 0.4) is 0 Å². The van der Waals surface area contributed by atoms with Crippen molar-refractivity contribution in [1.82, 2.24) is 9.97 Å². The Kier molecular flexibility index (Phi) is 4.01. The minimum atomic E-state index is -0.0468. The average Bonchev–Trinajstić information content (AvgIpc) is 2.83. The fraction of sp³-hybridized carbons (Fsp3) is 0.571. The summed E-state index contributed by atoms with van der Waals surface area (Å²) in [5.41, 5.74) is 1.37. The Bertz CT molecular complexity index is 655. The van der Waals surface area contributed by atoms with E-state index in [2.05, 4.69) is 30.1 Å². The van der Waals surface area contributed by atoms with Crippen LogP contribution in [0, 0.1) is 0 Å². The molecule has 3 rings (SSSR count). The predicted octanol–water partition coefficient (Wildman–Crippen LogP) is 4.38. The summed E-state index contributed by atoms with van der Waals surface area (Å²) in [6.45, 7) is 5.11. The van der Waals surface area contributed by atoms with Gasteiger partial charge in [0.25, 0.3) is 0 Å². The maximum absolute atomic E-state index is 6.05. The Morgan fingerprint density at radius 1 is 1.30 bits per heavy atom. The van der Waals surface area contributed by atoms with Gasteiger partial charge in [-0.15, -0.1) is 23.1 Å². The van der Waals surface area contributed by atoms with Gasteiger partial charge < -0.3 is 4.74 Å². The number of hydrogen-bond donors (Lipinski definition) is 0. The molecular formula is C14H18N2OS3. The van der Waals surface area contributed by atoms with Crippen molar-refractivity contribution in [3.8, 4) is 0 Å². The van der Waals surface area contributed by atoms with E-state index in [1.807, 2.05) is 6.26 Å². The lowest BCUT2D eigenvalue weighted by molar-refractivity contribution is -0.0543. The number of thiophene rings is 1. The monoisotopic (exact) mass is 326 g/mol. The van der Waals surface area contributed by atoms with Crippen LogP contribution in [0.1, 0.15) is 30.7 Å². The highest BCUT2D eigenvalue weighted by molar-refractivity contribution is 7.99. The molecule has 0 fully saturated rings. The minimum Gasteiger partial charge on any atom is -0.369 e. The third-order valence-corrected chi connectivity index (χ3v) is 6.24. The number of rotatable bonds is 3. The summed E-state index contributed by atoms with van der Waals surface area (Å²) in [6.07, 6.45) is 6.11. The minimum absolute atomic E-state index is 0.0468. The molecule has 0 bridgehead atoms. The molecule has 2 aromatic heterocycles. The van der Waals surface area contributed by atoms with Crippen LogP contribution in [0.25, 0.3) is 10.2 Å². The van der Waals surface area contributed by atoms with Gasteiger partial charge in [-0.1, -0.05) is 18.7 Å². The second kappa shape index (κ2) is 5.48. The van der Waals surface area contributed by atoms with E-state index in [0.717, 1.165) is 27.9 Å². The molecule has 0 aliphatic carbocycles. The van der Waals surface area contributed by atoms with Crippen molar-refractivity contribution in [2.75, 3.05) is 12.5 Å². The summed E-state index contributed by atoms with van der Waals surface area (Å²) in [5, 5.41) is 3.23. The first-order valence-corrected chi connectivity index (χ1v) is 9.91. The normalized spacial score (nSPS) is 22.2. The molecule has 0 spiro atoms. The van der Waals surface area contributed by atoms with Crippen LogP contribution in [0.2, 0.25) is 0 Å². The molecule has 0 saturated heterocycles. The maximum Gasteiger partial charge on any atom is 0.189 e. The van der Waals surface area contributed by atoms with Gasteiger partial charge in [-0.05, 0) is 31.4 Å². The van der Waals surface area contributed by atoms with E-state index in [1.54, 1.807) is 34.9 Å². The average molecular weight is 327 g/mol. The third kappa shape index (κ3) is 2.36. The van der Waals surface area contributed by atoms with E-state index in [0.29, 0.717) is 6.61 Å². The molecule has 0 unspecified atom stereocenters. The van der Waals surface area contributed by atoms with E-state index in [-0.39, 0.29) is 5.60 Å². The first kappa shape index (κ1) is 14.6. The van der Waals surface area contributed by atoms with Gasteiger partial charge >= 0.3 is 0 Å². The molecule has 1 atom stereocenters. The van der Waals surface area contributed by atoms with Gasteiger partial charge in [-0.2, -0.15) is 0 Å².